The Kier molecular flexibility index (Phi) is 7.00. The van der Waals surface area contributed by atoms with Crippen LogP contribution in [-0.2, 0) is 9.59 Å². The van der Waals surface area contributed by atoms with Crippen molar-refractivity contribution < 1.29 is 32.2 Å². The van der Waals surface area contributed by atoms with Crippen LogP contribution >= 0.6 is 0 Å². The molecule has 2 amide bonds. The van der Waals surface area contributed by atoms with E-state index in [4.69, 9.17) is 4.74 Å². The number of nitrogens with one attached hydrogen (secondary N) is 1. The van der Waals surface area contributed by atoms with Crippen LogP contribution in [0.4, 0.5) is 18.9 Å². The lowest BCUT2D eigenvalue weighted by atomic mass is 10.0. The molecule has 0 fully saturated rings. The van der Waals surface area contributed by atoms with Gasteiger partial charge in [0.05, 0.1) is 11.7 Å². The van der Waals surface area contributed by atoms with E-state index in [0.29, 0.717) is 17.0 Å². The normalized spacial score (nSPS) is 14.5. The maximum Gasteiger partial charge on any atom is 0.573 e. The summed E-state index contributed by atoms with van der Waals surface area (Å²) >= 11 is 0. The third kappa shape index (κ3) is 6.06. The number of nitrogens with zero attached hydrogens (tertiary/aromatic N) is 1. The summed E-state index contributed by atoms with van der Waals surface area (Å²) in [4.78, 5) is 27.4. The van der Waals surface area contributed by atoms with Gasteiger partial charge in [0.1, 0.15) is 17.2 Å². The van der Waals surface area contributed by atoms with Crippen molar-refractivity contribution in [1.82, 2.24) is 4.90 Å². The van der Waals surface area contributed by atoms with Crippen LogP contribution in [0, 0.1) is 5.92 Å². The molecular weight excluding hydrogens is 437 g/mol. The third-order valence-electron chi connectivity index (χ3n) is 4.59. The van der Waals surface area contributed by atoms with Crippen molar-refractivity contribution in [3.8, 4) is 11.5 Å². The molecule has 0 unspecified atom stereocenters. The molecule has 2 aromatic rings. The molecule has 1 N–H and O–H groups in total. The van der Waals surface area contributed by atoms with Crippen LogP contribution in [-0.4, -0.2) is 35.7 Å². The van der Waals surface area contributed by atoms with Crippen molar-refractivity contribution >= 4 is 23.1 Å². The first-order valence-corrected chi connectivity index (χ1v) is 10.4. The molecule has 0 bridgehead atoms. The number of rotatable bonds is 8. The number of alkyl halides is 3. The second-order valence-electron chi connectivity index (χ2n) is 8.25. The highest BCUT2D eigenvalue weighted by atomic mass is 19.4. The van der Waals surface area contributed by atoms with Crippen LogP contribution in [0.5, 0.6) is 11.5 Å². The predicted octanol–water partition coefficient (Wildman–Crippen LogP) is 5.22. The van der Waals surface area contributed by atoms with Gasteiger partial charge < -0.3 is 14.8 Å². The maximum absolute atomic E-state index is 13.2. The molecular formula is C24H25F3N2O4. The molecule has 2 aromatic carbocycles. The lowest BCUT2D eigenvalue weighted by Gasteiger charge is -2.17. The molecule has 0 radical (unpaired) electrons. The van der Waals surface area contributed by atoms with Crippen LogP contribution < -0.4 is 14.8 Å². The number of halogens is 3. The average molecular weight is 462 g/mol. The Morgan fingerprint density at radius 3 is 1.97 bits per heavy atom. The minimum atomic E-state index is -4.80. The number of anilines is 1. The van der Waals surface area contributed by atoms with Crippen LogP contribution in [0.3, 0.4) is 0 Å². The summed E-state index contributed by atoms with van der Waals surface area (Å²) in [7, 11) is 0. The average Bonchev–Trinajstić information content (AvgIpc) is 2.92. The van der Waals surface area contributed by atoms with Gasteiger partial charge in [0, 0.05) is 12.2 Å². The highest BCUT2D eigenvalue weighted by Crippen LogP contribution is 2.33. The summed E-state index contributed by atoms with van der Waals surface area (Å²) in [5, 5.41) is 2.91. The van der Waals surface area contributed by atoms with Gasteiger partial charge in [-0.2, -0.15) is 0 Å². The monoisotopic (exact) mass is 462 g/mol. The van der Waals surface area contributed by atoms with Gasteiger partial charge >= 0.3 is 6.36 Å². The number of ether oxygens (including phenoxy) is 2. The van der Waals surface area contributed by atoms with Gasteiger partial charge in [0.2, 0.25) is 0 Å². The fourth-order valence-corrected chi connectivity index (χ4v) is 3.35. The summed E-state index contributed by atoms with van der Waals surface area (Å²) in [6.07, 6.45) is -4.82. The molecule has 3 rings (SSSR count). The Hall–Kier alpha value is -3.49. The first kappa shape index (κ1) is 24.2. The van der Waals surface area contributed by atoms with Crippen LogP contribution in [0.25, 0.3) is 5.57 Å². The second-order valence-corrected chi connectivity index (χ2v) is 8.25. The van der Waals surface area contributed by atoms with Crippen molar-refractivity contribution in [3.63, 3.8) is 0 Å². The van der Waals surface area contributed by atoms with Crippen molar-refractivity contribution in [1.29, 1.82) is 0 Å². The standard InChI is InChI=1S/C24H25F3N2O4/c1-14(2)13-29-22(30)20(16-5-9-18(10-6-16)32-15(3)4)21(23(29)31)28-17-7-11-19(12-8-17)33-24(25,26)27/h5-12,14-15,28H,13H2,1-4H3. The van der Waals surface area contributed by atoms with Crippen LogP contribution in [0.15, 0.2) is 54.2 Å². The Morgan fingerprint density at radius 1 is 0.879 bits per heavy atom. The zero-order chi connectivity index (χ0) is 24.3. The fourth-order valence-electron chi connectivity index (χ4n) is 3.35. The zero-order valence-corrected chi connectivity index (χ0v) is 18.7. The molecule has 176 valence electrons. The van der Waals surface area contributed by atoms with Crippen LogP contribution in [0.2, 0.25) is 0 Å². The number of hydrogen-bond acceptors (Lipinski definition) is 5. The molecule has 0 saturated carbocycles. The number of imide groups is 1. The van der Waals surface area contributed by atoms with Crippen molar-refractivity contribution in [2.45, 2.75) is 40.2 Å². The summed E-state index contributed by atoms with van der Waals surface area (Å²) in [6, 6.07) is 11.8. The Labute approximate surface area is 190 Å². The molecule has 0 atom stereocenters. The quantitative estimate of drug-likeness (QED) is 0.545. The van der Waals surface area contributed by atoms with Crippen molar-refractivity contribution in [2.24, 2.45) is 5.92 Å². The largest absolute Gasteiger partial charge is 0.573 e. The SMILES string of the molecule is CC(C)CN1C(=O)C(Nc2ccc(OC(F)(F)F)cc2)=C(c2ccc(OC(C)C)cc2)C1=O. The van der Waals surface area contributed by atoms with Gasteiger partial charge in [-0.15, -0.1) is 13.2 Å². The highest BCUT2D eigenvalue weighted by Gasteiger charge is 2.39. The second kappa shape index (κ2) is 9.56. The number of hydrogen-bond donors (Lipinski definition) is 1. The lowest BCUT2D eigenvalue weighted by Crippen LogP contribution is -2.35. The molecule has 0 aliphatic carbocycles. The van der Waals surface area contributed by atoms with E-state index in [1.165, 1.54) is 17.0 Å². The first-order valence-electron chi connectivity index (χ1n) is 10.4. The number of amides is 2. The van der Waals surface area contributed by atoms with E-state index >= 15 is 0 Å². The van der Waals surface area contributed by atoms with Gasteiger partial charge in [0.25, 0.3) is 11.8 Å². The molecule has 1 aliphatic heterocycles. The predicted molar refractivity (Wildman–Crippen MR) is 117 cm³/mol. The molecule has 6 nitrogen and oxygen atoms in total. The smallest absolute Gasteiger partial charge is 0.491 e. The fraction of sp³-hybridized carbons (Fsp3) is 0.333. The van der Waals surface area contributed by atoms with E-state index < -0.39 is 23.9 Å². The van der Waals surface area contributed by atoms with Crippen molar-refractivity contribution in [2.75, 3.05) is 11.9 Å². The number of carbonyl (C=O) groups is 2. The number of benzene rings is 2. The minimum Gasteiger partial charge on any atom is -0.491 e. The van der Waals surface area contributed by atoms with E-state index in [-0.39, 0.29) is 29.8 Å². The van der Waals surface area contributed by atoms with E-state index in [0.717, 1.165) is 12.1 Å². The van der Waals surface area contributed by atoms with E-state index in [1.807, 2.05) is 27.7 Å². The Balaban J connectivity index is 1.94. The molecule has 0 aromatic heterocycles. The van der Waals surface area contributed by atoms with Gasteiger partial charge in [-0.05, 0) is 61.7 Å². The number of carbonyl (C=O) groups excluding carboxylic acids is 2. The Bertz CT molecular complexity index is 1040. The highest BCUT2D eigenvalue weighted by molar-refractivity contribution is 6.36. The van der Waals surface area contributed by atoms with Gasteiger partial charge in [-0.1, -0.05) is 26.0 Å². The summed E-state index contributed by atoms with van der Waals surface area (Å²) in [5.41, 5.74) is 1.11. The molecule has 33 heavy (non-hydrogen) atoms. The summed E-state index contributed by atoms with van der Waals surface area (Å²) in [6.45, 7) is 7.81. The van der Waals surface area contributed by atoms with E-state index in [1.54, 1.807) is 24.3 Å². The summed E-state index contributed by atoms with van der Waals surface area (Å²) < 4.78 is 46.7. The molecule has 1 heterocycles. The molecule has 1 aliphatic rings. The molecule has 0 saturated heterocycles. The van der Waals surface area contributed by atoms with Gasteiger partial charge in [-0.25, -0.2) is 0 Å². The zero-order valence-electron chi connectivity index (χ0n) is 18.7. The lowest BCUT2D eigenvalue weighted by molar-refractivity contribution is -0.274. The maximum atomic E-state index is 13.2. The molecule has 0 spiro atoms. The van der Waals surface area contributed by atoms with Gasteiger partial charge in [0.15, 0.2) is 0 Å². The first-order chi connectivity index (χ1) is 15.4. The van der Waals surface area contributed by atoms with Gasteiger partial charge in [-0.3, -0.25) is 14.5 Å². The minimum absolute atomic E-state index is 0.0205. The van der Waals surface area contributed by atoms with Crippen LogP contribution in [0.1, 0.15) is 33.3 Å². The molecule has 9 heteroatoms. The summed E-state index contributed by atoms with van der Waals surface area (Å²) in [5.74, 6) is -0.648. The topological polar surface area (TPSA) is 67.9 Å². The third-order valence-corrected chi connectivity index (χ3v) is 4.59. The van der Waals surface area contributed by atoms with Crippen molar-refractivity contribution in [3.05, 3.63) is 59.8 Å². The van der Waals surface area contributed by atoms with E-state index in [9.17, 15) is 22.8 Å². The van der Waals surface area contributed by atoms with E-state index in [2.05, 4.69) is 10.1 Å². The Morgan fingerprint density at radius 2 is 1.45 bits per heavy atom.